The van der Waals surface area contributed by atoms with Crippen molar-refractivity contribution in [2.75, 3.05) is 33.9 Å². The first-order valence-corrected chi connectivity index (χ1v) is 6.92. The summed E-state index contributed by atoms with van der Waals surface area (Å²) >= 11 is 0. The van der Waals surface area contributed by atoms with Gasteiger partial charge in [-0.05, 0) is 12.8 Å². The number of hydrogen-bond acceptors (Lipinski definition) is 4. The van der Waals surface area contributed by atoms with Crippen LogP contribution >= 0.6 is 0 Å². The van der Waals surface area contributed by atoms with Crippen LogP contribution in [0.5, 0.6) is 0 Å². The van der Waals surface area contributed by atoms with Gasteiger partial charge in [-0.1, -0.05) is 0 Å². The Hall–Kier alpha value is -1.34. The summed E-state index contributed by atoms with van der Waals surface area (Å²) < 4.78 is 10.7. The first kappa shape index (κ1) is 15.1. The highest BCUT2D eigenvalue weighted by molar-refractivity contribution is 5.83. The summed E-state index contributed by atoms with van der Waals surface area (Å²) in [6.45, 7) is 1.56. The number of hydrogen-bond donors (Lipinski definition) is 1. The smallest absolute Gasteiger partial charge is 0.326 e. The van der Waals surface area contributed by atoms with E-state index < -0.39 is 12.0 Å². The first-order chi connectivity index (χ1) is 9.52. The predicted octanol–water partition coefficient (Wildman–Crippen LogP) is 0.391. The molecule has 3 unspecified atom stereocenters. The monoisotopic (exact) mass is 286 g/mol. The van der Waals surface area contributed by atoms with Crippen LogP contribution in [0.3, 0.4) is 0 Å². The van der Waals surface area contributed by atoms with E-state index >= 15 is 0 Å². The van der Waals surface area contributed by atoms with Crippen LogP contribution in [0.2, 0.25) is 0 Å². The Labute approximate surface area is 118 Å². The lowest BCUT2D eigenvalue weighted by atomic mass is 10.2. The summed E-state index contributed by atoms with van der Waals surface area (Å²) in [6.07, 6.45) is 2.15. The van der Waals surface area contributed by atoms with Gasteiger partial charge in [0, 0.05) is 40.3 Å². The Morgan fingerprint density at radius 3 is 2.80 bits per heavy atom. The third-order valence-corrected chi connectivity index (χ3v) is 3.95. The van der Waals surface area contributed by atoms with Crippen molar-refractivity contribution in [3.05, 3.63) is 0 Å². The topological polar surface area (TPSA) is 79.3 Å². The number of likely N-dealkylation sites (tertiary alicyclic amines) is 1. The Bertz CT molecular complexity index is 370. The van der Waals surface area contributed by atoms with Crippen molar-refractivity contribution in [3.63, 3.8) is 0 Å². The number of rotatable bonds is 4. The number of amides is 2. The summed E-state index contributed by atoms with van der Waals surface area (Å²) in [7, 11) is 3.22. The lowest BCUT2D eigenvalue weighted by Gasteiger charge is -2.28. The standard InChI is InChI=1S/C13H22N2O5/c1-14(7-9-4-3-5-20-9)13(18)15-8-10(19-2)6-11(15)12(16)17/h9-11H,3-8H2,1-2H3,(H,16,17). The molecule has 0 radical (unpaired) electrons. The van der Waals surface area contributed by atoms with Crippen LogP contribution in [0.15, 0.2) is 0 Å². The molecule has 2 heterocycles. The Morgan fingerprint density at radius 2 is 2.25 bits per heavy atom. The van der Waals surface area contributed by atoms with Crippen LogP contribution in [0, 0.1) is 0 Å². The normalized spacial score (nSPS) is 29.7. The number of aliphatic carboxylic acids is 1. The number of urea groups is 1. The molecule has 0 aliphatic carbocycles. The third-order valence-electron chi connectivity index (χ3n) is 3.95. The minimum Gasteiger partial charge on any atom is -0.480 e. The molecule has 2 rings (SSSR count). The number of likely N-dealkylation sites (N-methyl/N-ethyl adjacent to an activating group) is 1. The molecule has 20 heavy (non-hydrogen) atoms. The molecule has 2 fully saturated rings. The van der Waals surface area contributed by atoms with Gasteiger partial charge in [0.15, 0.2) is 0 Å². The van der Waals surface area contributed by atoms with Crippen LogP contribution in [0.4, 0.5) is 4.79 Å². The van der Waals surface area contributed by atoms with Crippen molar-refractivity contribution in [2.45, 2.75) is 37.5 Å². The average Bonchev–Trinajstić information content (AvgIpc) is 3.06. The molecule has 0 saturated carbocycles. The van der Waals surface area contributed by atoms with E-state index in [1.54, 1.807) is 11.9 Å². The summed E-state index contributed by atoms with van der Waals surface area (Å²) in [6, 6.07) is -1.08. The fourth-order valence-corrected chi connectivity index (χ4v) is 2.80. The molecule has 2 aliphatic rings. The maximum absolute atomic E-state index is 12.4. The third kappa shape index (κ3) is 3.21. The summed E-state index contributed by atoms with van der Waals surface area (Å²) in [5, 5.41) is 9.22. The largest absolute Gasteiger partial charge is 0.480 e. The average molecular weight is 286 g/mol. The lowest BCUT2D eigenvalue weighted by Crippen LogP contribution is -2.48. The van der Waals surface area contributed by atoms with Crippen molar-refractivity contribution in [3.8, 4) is 0 Å². The minimum atomic E-state index is -0.983. The van der Waals surface area contributed by atoms with Crippen LogP contribution in [0.1, 0.15) is 19.3 Å². The van der Waals surface area contributed by atoms with Gasteiger partial charge >= 0.3 is 12.0 Å². The number of ether oxygens (including phenoxy) is 2. The van der Waals surface area contributed by atoms with Crippen LogP contribution in [-0.2, 0) is 14.3 Å². The van der Waals surface area contributed by atoms with Gasteiger partial charge in [-0.15, -0.1) is 0 Å². The molecule has 2 amide bonds. The Kier molecular flexibility index (Phi) is 4.82. The van der Waals surface area contributed by atoms with E-state index in [1.807, 2.05) is 0 Å². The highest BCUT2D eigenvalue weighted by atomic mass is 16.5. The molecule has 1 N–H and O–H groups in total. The molecule has 2 saturated heterocycles. The SMILES string of the molecule is COC1CC(C(=O)O)N(C(=O)N(C)CC2CCCO2)C1. The van der Waals surface area contributed by atoms with Gasteiger partial charge in [-0.25, -0.2) is 9.59 Å². The molecular formula is C13H22N2O5. The summed E-state index contributed by atoms with van der Waals surface area (Å²) in [5.41, 5.74) is 0. The van der Waals surface area contributed by atoms with Gasteiger partial charge in [0.05, 0.1) is 12.2 Å². The molecule has 0 bridgehead atoms. The van der Waals surface area contributed by atoms with Gasteiger partial charge in [0.1, 0.15) is 6.04 Å². The second-order valence-electron chi connectivity index (χ2n) is 5.40. The Balaban J connectivity index is 1.96. The fourth-order valence-electron chi connectivity index (χ4n) is 2.80. The maximum Gasteiger partial charge on any atom is 0.326 e. The number of methoxy groups -OCH3 is 1. The zero-order valence-electron chi connectivity index (χ0n) is 11.9. The molecule has 0 aromatic rings. The molecule has 2 aliphatic heterocycles. The number of nitrogens with zero attached hydrogens (tertiary/aromatic N) is 2. The van der Waals surface area contributed by atoms with Gasteiger partial charge in [-0.2, -0.15) is 0 Å². The number of carbonyl (C=O) groups is 2. The van der Waals surface area contributed by atoms with E-state index in [1.165, 1.54) is 12.0 Å². The van der Waals surface area contributed by atoms with Gasteiger partial charge in [0.25, 0.3) is 0 Å². The van der Waals surface area contributed by atoms with Gasteiger partial charge < -0.3 is 24.4 Å². The fraction of sp³-hybridized carbons (Fsp3) is 0.846. The van der Waals surface area contributed by atoms with E-state index in [4.69, 9.17) is 9.47 Å². The van der Waals surface area contributed by atoms with E-state index in [0.29, 0.717) is 19.5 Å². The predicted molar refractivity (Wildman–Crippen MR) is 70.5 cm³/mol. The van der Waals surface area contributed by atoms with Crippen molar-refractivity contribution < 1.29 is 24.2 Å². The van der Waals surface area contributed by atoms with E-state index in [2.05, 4.69) is 0 Å². The minimum absolute atomic E-state index is 0.0630. The van der Waals surface area contributed by atoms with Gasteiger partial charge in [0.2, 0.25) is 0 Å². The Morgan fingerprint density at radius 1 is 1.50 bits per heavy atom. The molecule has 0 aromatic carbocycles. The quantitative estimate of drug-likeness (QED) is 0.809. The first-order valence-electron chi connectivity index (χ1n) is 6.92. The van der Waals surface area contributed by atoms with Crippen LogP contribution in [0.25, 0.3) is 0 Å². The number of carbonyl (C=O) groups excluding carboxylic acids is 1. The zero-order valence-corrected chi connectivity index (χ0v) is 11.9. The van der Waals surface area contributed by atoms with Crippen molar-refractivity contribution in [1.82, 2.24) is 9.80 Å². The molecular weight excluding hydrogens is 264 g/mol. The molecule has 0 aromatic heterocycles. The van der Waals surface area contributed by atoms with Crippen LogP contribution < -0.4 is 0 Å². The van der Waals surface area contributed by atoms with Crippen molar-refractivity contribution >= 4 is 12.0 Å². The van der Waals surface area contributed by atoms with Crippen molar-refractivity contribution in [1.29, 1.82) is 0 Å². The molecule has 3 atom stereocenters. The van der Waals surface area contributed by atoms with E-state index in [0.717, 1.165) is 19.4 Å². The van der Waals surface area contributed by atoms with Gasteiger partial charge in [-0.3, -0.25) is 0 Å². The second kappa shape index (κ2) is 6.41. The zero-order chi connectivity index (χ0) is 14.7. The highest BCUT2D eigenvalue weighted by Gasteiger charge is 2.41. The summed E-state index contributed by atoms with van der Waals surface area (Å²) in [4.78, 5) is 26.6. The molecule has 7 nitrogen and oxygen atoms in total. The second-order valence-corrected chi connectivity index (χ2v) is 5.40. The molecule has 7 heteroatoms. The molecule has 0 spiro atoms. The lowest BCUT2D eigenvalue weighted by molar-refractivity contribution is -0.141. The maximum atomic E-state index is 12.4. The van der Waals surface area contributed by atoms with Crippen LogP contribution in [-0.4, -0.2) is 79.0 Å². The number of carboxylic acids is 1. The van der Waals surface area contributed by atoms with E-state index in [-0.39, 0.29) is 18.2 Å². The highest BCUT2D eigenvalue weighted by Crippen LogP contribution is 2.22. The van der Waals surface area contributed by atoms with E-state index in [9.17, 15) is 14.7 Å². The summed E-state index contributed by atoms with van der Waals surface area (Å²) in [5.74, 6) is -0.983. The number of carboxylic acid groups (broad SMARTS) is 1. The molecule has 114 valence electrons. The van der Waals surface area contributed by atoms with Crippen molar-refractivity contribution in [2.24, 2.45) is 0 Å².